The molecule has 2 aliphatic carbocycles. The van der Waals surface area contributed by atoms with E-state index in [4.69, 9.17) is 12.2 Å². The number of rotatable bonds is 4. The number of nitrogens with zero attached hydrogens (tertiary/aromatic N) is 1. The number of anilines is 1. The number of hydrogen-bond acceptors (Lipinski definition) is 3. The molecule has 5 nitrogen and oxygen atoms in total. The molecular weight excluding hydrogens is 378 g/mol. The van der Waals surface area contributed by atoms with Crippen LogP contribution in [0.4, 0.5) is 5.69 Å². The minimum absolute atomic E-state index is 0.347. The fraction of sp³-hybridized carbons (Fsp3) is 0.650. The van der Waals surface area contributed by atoms with E-state index >= 15 is 0 Å². The zero-order valence-corrected chi connectivity index (χ0v) is 17.5. The molecule has 2 bridgehead atoms. The topological polar surface area (TPSA) is 61.4 Å². The predicted octanol–water partition coefficient (Wildman–Crippen LogP) is 3.64. The summed E-state index contributed by atoms with van der Waals surface area (Å²) in [4.78, 5) is 0.347. The van der Waals surface area contributed by atoms with Crippen LogP contribution in [-0.4, -0.2) is 37.0 Å². The van der Waals surface area contributed by atoms with E-state index in [1.165, 1.54) is 25.7 Å². The summed E-state index contributed by atoms with van der Waals surface area (Å²) in [6.07, 6.45) is 8.17. The van der Waals surface area contributed by atoms with Gasteiger partial charge in [-0.2, -0.15) is 4.31 Å². The monoisotopic (exact) mass is 407 g/mol. The zero-order chi connectivity index (χ0) is 19.0. The number of thiocarbonyl (C=S) groups is 1. The Labute approximate surface area is 168 Å². The van der Waals surface area contributed by atoms with Crippen molar-refractivity contribution in [1.82, 2.24) is 9.62 Å². The van der Waals surface area contributed by atoms with Crippen molar-refractivity contribution >= 4 is 33.0 Å². The van der Waals surface area contributed by atoms with E-state index in [1.807, 2.05) is 13.0 Å². The molecule has 4 rings (SSSR count). The number of piperidine rings is 1. The van der Waals surface area contributed by atoms with E-state index < -0.39 is 10.0 Å². The van der Waals surface area contributed by atoms with Crippen LogP contribution in [-0.2, 0) is 10.0 Å². The van der Waals surface area contributed by atoms with Crippen LogP contribution in [0.15, 0.2) is 23.1 Å². The number of fused-ring (bicyclic) bond motifs is 2. The molecular formula is C20H29N3O2S2. The Balaban J connectivity index is 1.46. The summed E-state index contributed by atoms with van der Waals surface area (Å²) in [7, 11) is -3.44. The highest BCUT2D eigenvalue weighted by Gasteiger charge is 2.39. The molecule has 0 radical (unpaired) electrons. The highest BCUT2D eigenvalue weighted by Crippen LogP contribution is 2.44. The van der Waals surface area contributed by atoms with Gasteiger partial charge in [0.05, 0.1) is 4.90 Å². The Kier molecular flexibility index (Phi) is 5.45. The van der Waals surface area contributed by atoms with Gasteiger partial charge in [0.15, 0.2) is 5.11 Å². The molecule has 1 aliphatic heterocycles. The number of benzene rings is 1. The highest BCUT2D eigenvalue weighted by molar-refractivity contribution is 7.89. The van der Waals surface area contributed by atoms with Gasteiger partial charge in [-0.3, -0.25) is 0 Å². The van der Waals surface area contributed by atoms with Gasteiger partial charge in [0, 0.05) is 24.8 Å². The van der Waals surface area contributed by atoms with E-state index in [9.17, 15) is 8.42 Å². The lowest BCUT2D eigenvalue weighted by molar-refractivity contribution is 0.346. The third-order valence-corrected chi connectivity index (χ3v) is 8.58. The normalized spacial score (nSPS) is 28.3. The third kappa shape index (κ3) is 4.00. The largest absolute Gasteiger partial charge is 0.359 e. The smallest absolute Gasteiger partial charge is 0.243 e. The quantitative estimate of drug-likeness (QED) is 0.746. The molecule has 0 amide bonds. The van der Waals surface area contributed by atoms with Gasteiger partial charge in [0.1, 0.15) is 0 Å². The van der Waals surface area contributed by atoms with Gasteiger partial charge in [-0.25, -0.2) is 8.42 Å². The summed E-state index contributed by atoms with van der Waals surface area (Å²) >= 11 is 5.53. The fourth-order valence-corrected chi connectivity index (χ4v) is 6.70. The first-order valence-corrected chi connectivity index (χ1v) is 12.0. The molecule has 7 heteroatoms. The van der Waals surface area contributed by atoms with Gasteiger partial charge >= 0.3 is 0 Å². The van der Waals surface area contributed by atoms with Crippen LogP contribution in [0.3, 0.4) is 0 Å². The molecule has 148 valence electrons. The van der Waals surface area contributed by atoms with Crippen LogP contribution in [0.2, 0.25) is 0 Å². The zero-order valence-electron chi connectivity index (χ0n) is 15.9. The lowest BCUT2D eigenvalue weighted by Gasteiger charge is -2.27. The van der Waals surface area contributed by atoms with Crippen molar-refractivity contribution in [2.75, 3.05) is 18.4 Å². The Bertz CT molecular complexity index is 819. The van der Waals surface area contributed by atoms with Gasteiger partial charge in [-0.05, 0) is 80.8 Å². The fourth-order valence-electron chi connectivity index (χ4n) is 4.90. The van der Waals surface area contributed by atoms with Crippen LogP contribution in [0.25, 0.3) is 0 Å². The van der Waals surface area contributed by atoms with Gasteiger partial charge in [-0.15, -0.1) is 0 Å². The van der Waals surface area contributed by atoms with E-state index in [0.717, 1.165) is 42.3 Å². The van der Waals surface area contributed by atoms with Gasteiger partial charge < -0.3 is 10.6 Å². The van der Waals surface area contributed by atoms with Crippen LogP contribution < -0.4 is 10.6 Å². The molecule has 1 heterocycles. The van der Waals surface area contributed by atoms with Crippen molar-refractivity contribution in [3.8, 4) is 0 Å². The molecule has 3 aliphatic rings. The second-order valence-electron chi connectivity index (χ2n) is 8.32. The molecule has 0 spiro atoms. The van der Waals surface area contributed by atoms with Crippen molar-refractivity contribution in [3.63, 3.8) is 0 Å². The molecule has 1 aromatic rings. The Morgan fingerprint density at radius 2 is 1.93 bits per heavy atom. The first-order valence-electron chi connectivity index (χ1n) is 10.1. The maximum Gasteiger partial charge on any atom is 0.243 e. The summed E-state index contributed by atoms with van der Waals surface area (Å²) in [5.74, 6) is 1.59. The molecule has 27 heavy (non-hydrogen) atoms. The first kappa shape index (κ1) is 19.2. The molecule has 3 atom stereocenters. The first-order chi connectivity index (χ1) is 12.9. The number of aryl methyl sites for hydroxylation is 1. The summed E-state index contributed by atoms with van der Waals surface area (Å²) in [6, 6.07) is 5.76. The predicted molar refractivity (Wildman–Crippen MR) is 112 cm³/mol. The minimum Gasteiger partial charge on any atom is -0.359 e. The number of hydrogen-bond donors (Lipinski definition) is 2. The van der Waals surface area contributed by atoms with Crippen LogP contribution >= 0.6 is 12.2 Å². The molecule has 1 aromatic carbocycles. The van der Waals surface area contributed by atoms with Crippen LogP contribution in [0.5, 0.6) is 0 Å². The maximum absolute atomic E-state index is 13.0. The maximum atomic E-state index is 13.0. The standard InChI is InChI=1S/C20H29N3O2S2/c1-14-5-8-17(27(24,25)23-9-3-2-4-10-23)13-18(14)21-20(26)22-19-12-15-6-7-16(19)11-15/h5,8,13,15-16,19H,2-4,6-7,9-12H2,1H3,(H2,21,22,26)/t15-,16+,19+/m0/s1. The Morgan fingerprint density at radius 1 is 1.15 bits per heavy atom. The second-order valence-corrected chi connectivity index (χ2v) is 10.7. The van der Waals surface area contributed by atoms with E-state index in [1.54, 1.807) is 16.4 Å². The average molecular weight is 408 g/mol. The van der Waals surface area contributed by atoms with Crippen LogP contribution in [0.1, 0.15) is 50.5 Å². The van der Waals surface area contributed by atoms with Gasteiger partial charge in [0.2, 0.25) is 10.0 Å². The van der Waals surface area contributed by atoms with E-state index in [2.05, 4.69) is 10.6 Å². The number of nitrogens with one attached hydrogen (secondary N) is 2. The second kappa shape index (κ2) is 7.68. The molecule has 0 aromatic heterocycles. The minimum atomic E-state index is -3.44. The molecule has 2 N–H and O–H groups in total. The van der Waals surface area contributed by atoms with Crippen molar-refractivity contribution < 1.29 is 8.42 Å². The van der Waals surface area contributed by atoms with Crippen LogP contribution in [0, 0.1) is 18.8 Å². The lowest BCUT2D eigenvalue weighted by atomic mass is 9.95. The highest BCUT2D eigenvalue weighted by atomic mass is 32.2. The summed E-state index contributed by atoms with van der Waals surface area (Å²) in [6.45, 7) is 3.20. The number of sulfonamides is 1. The van der Waals surface area contributed by atoms with E-state index in [0.29, 0.717) is 29.1 Å². The van der Waals surface area contributed by atoms with Crippen molar-refractivity contribution in [2.45, 2.75) is 62.8 Å². The average Bonchev–Trinajstić information content (AvgIpc) is 3.27. The third-order valence-electron chi connectivity index (χ3n) is 6.46. The summed E-state index contributed by atoms with van der Waals surface area (Å²) in [5, 5.41) is 7.32. The van der Waals surface area contributed by atoms with Gasteiger partial charge in [-0.1, -0.05) is 18.9 Å². The molecule has 0 unspecified atom stereocenters. The molecule has 2 saturated carbocycles. The molecule has 3 fully saturated rings. The van der Waals surface area contributed by atoms with Gasteiger partial charge in [0.25, 0.3) is 0 Å². The van der Waals surface area contributed by atoms with Crippen molar-refractivity contribution in [2.24, 2.45) is 11.8 Å². The lowest BCUT2D eigenvalue weighted by Crippen LogP contribution is -2.41. The Morgan fingerprint density at radius 3 is 2.59 bits per heavy atom. The van der Waals surface area contributed by atoms with Crippen molar-refractivity contribution in [3.05, 3.63) is 23.8 Å². The summed E-state index contributed by atoms with van der Waals surface area (Å²) in [5.41, 5.74) is 1.76. The summed E-state index contributed by atoms with van der Waals surface area (Å²) < 4.78 is 27.5. The van der Waals surface area contributed by atoms with E-state index in [-0.39, 0.29) is 0 Å². The SMILES string of the molecule is Cc1ccc(S(=O)(=O)N2CCCCC2)cc1NC(=S)N[C@@H]1C[C@H]2CC[C@@H]1C2. The van der Waals surface area contributed by atoms with Crippen molar-refractivity contribution in [1.29, 1.82) is 0 Å². The molecule has 1 saturated heterocycles. The Hall–Kier alpha value is -1.18.